The zero-order chi connectivity index (χ0) is 57.1. The summed E-state index contributed by atoms with van der Waals surface area (Å²) in [5.41, 5.74) is -1.62. The number of aliphatic hydroxyl groups is 17. The van der Waals surface area contributed by atoms with Crippen LogP contribution < -0.4 is 0 Å². The highest BCUT2D eigenvalue weighted by atomic mass is 16.8. The zero-order valence-electron chi connectivity index (χ0n) is 43.7. The Balaban J connectivity index is 1.02. The van der Waals surface area contributed by atoms with Gasteiger partial charge in [-0.1, -0.05) is 26.8 Å². The molecule has 0 aromatic heterocycles. The van der Waals surface area contributed by atoms with E-state index in [1.54, 1.807) is 6.92 Å². The van der Waals surface area contributed by atoms with Crippen LogP contribution in [0.4, 0.5) is 0 Å². The second-order valence-electron chi connectivity index (χ2n) is 23.3. The Morgan fingerprint density at radius 3 is 1.37 bits per heavy atom. The average molecular weight is 1130 g/mol. The van der Waals surface area contributed by atoms with Gasteiger partial charge in [0.05, 0.1) is 44.6 Å². The van der Waals surface area contributed by atoms with Crippen molar-refractivity contribution in [1.82, 2.24) is 0 Å². The van der Waals surface area contributed by atoms with Crippen LogP contribution in [0.15, 0.2) is 12.2 Å². The second-order valence-corrected chi connectivity index (χ2v) is 23.3. The molecule has 3 aliphatic carbocycles. The maximum absolute atomic E-state index is 14.8. The normalized spacial score (nSPS) is 53.2. The van der Waals surface area contributed by atoms with E-state index in [0.29, 0.717) is 50.5 Å². The first kappa shape index (κ1) is 62.2. The van der Waals surface area contributed by atoms with E-state index in [0.717, 1.165) is 0 Å². The number of esters is 1. The van der Waals surface area contributed by atoms with Crippen LogP contribution in [0.3, 0.4) is 0 Å². The van der Waals surface area contributed by atoms with Crippen LogP contribution in [0.5, 0.6) is 0 Å². The molecule has 28 nitrogen and oxygen atoms in total. The molecule has 17 N–H and O–H groups in total. The predicted molar refractivity (Wildman–Crippen MR) is 254 cm³/mol. The Morgan fingerprint density at radius 1 is 0.462 bits per heavy atom. The zero-order valence-corrected chi connectivity index (χ0v) is 43.7. The third-order valence-corrected chi connectivity index (χ3v) is 18.4. The summed E-state index contributed by atoms with van der Waals surface area (Å²) in [6.45, 7) is 6.33. The van der Waals surface area contributed by atoms with Crippen molar-refractivity contribution >= 4 is 5.97 Å². The van der Waals surface area contributed by atoms with Gasteiger partial charge in [0.15, 0.2) is 25.2 Å². The lowest BCUT2D eigenvalue weighted by Crippen LogP contribution is -2.67. The molecule has 5 aliphatic heterocycles. The highest BCUT2D eigenvalue weighted by molar-refractivity contribution is 5.77. The van der Waals surface area contributed by atoms with Crippen LogP contribution in [0.2, 0.25) is 0 Å². The Bertz CT molecular complexity index is 2000. The first-order chi connectivity index (χ1) is 36.8. The van der Waals surface area contributed by atoms with Crippen molar-refractivity contribution in [3.05, 3.63) is 12.2 Å². The van der Waals surface area contributed by atoms with Crippen molar-refractivity contribution in [3.8, 4) is 0 Å². The summed E-state index contributed by atoms with van der Waals surface area (Å²) in [5.74, 6) is -1.20. The van der Waals surface area contributed by atoms with Crippen molar-refractivity contribution in [2.24, 2.45) is 28.1 Å². The van der Waals surface area contributed by atoms with Gasteiger partial charge >= 0.3 is 5.97 Å². The topological polar surface area (TPSA) is 453 Å². The van der Waals surface area contributed by atoms with Crippen LogP contribution >= 0.6 is 0 Å². The largest absolute Gasteiger partial charge is 0.432 e. The molecular weight excluding hydrogens is 1050 g/mol. The number of rotatable bonds is 15. The highest BCUT2D eigenvalue weighted by Gasteiger charge is 2.64. The summed E-state index contributed by atoms with van der Waals surface area (Å²) in [6.07, 6.45) is -41.2. The number of ether oxygens (including phenoxy) is 10. The Hall–Kier alpha value is -1.83. The van der Waals surface area contributed by atoms with Gasteiger partial charge < -0.3 is 134 Å². The van der Waals surface area contributed by atoms with Gasteiger partial charge in [-0.2, -0.15) is 0 Å². The Morgan fingerprint density at radius 2 is 0.885 bits per heavy atom. The summed E-state index contributed by atoms with van der Waals surface area (Å²) in [4.78, 5) is 14.8. The monoisotopic (exact) mass is 1130 g/mol. The van der Waals surface area contributed by atoms with E-state index < -0.39 is 215 Å². The van der Waals surface area contributed by atoms with Crippen LogP contribution in [-0.2, 0) is 52.2 Å². The first-order valence-electron chi connectivity index (χ1n) is 26.8. The molecule has 5 saturated heterocycles. The van der Waals surface area contributed by atoms with Crippen LogP contribution in [-0.4, -0.2) is 285 Å². The van der Waals surface area contributed by atoms with Gasteiger partial charge in [-0.05, 0) is 80.1 Å². The van der Waals surface area contributed by atoms with Crippen LogP contribution in [0, 0.1) is 28.1 Å². The molecule has 0 spiro atoms. The molecule has 8 aliphatic rings. The minimum absolute atomic E-state index is 0.119. The van der Waals surface area contributed by atoms with Gasteiger partial charge in [0.1, 0.15) is 122 Å². The number of carbonyl (C=O) groups excluding carboxylic acids is 1. The smallest absolute Gasteiger partial charge is 0.314 e. The lowest BCUT2D eigenvalue weighted by Gasteiger charge is -2.62. The van der Waals surface area contributed by atoms with E-state index >= 15 is 0 Å². The summed E-state index contributed by atoms with van der Waals surface area (Å²) in [6, 6.07) is 0. The molecule has 8 rings (SSSR count). The van der Waals surface area contributed by atoms with Gasteiger partial charge in [0.2, 0.25) is 6.29 Å². The molecule has 31 atom stereocenters. The van der Waals surface area contributed by atoms with Gasteiger partial charge in [-0.15, -0.1) is 0 Å². The molecule has 3 saturated carbocycles. The molecule has 450 valence electrons. The fraction of sp³-hybridized carbons (Fsp3) is 0.940. The molecule has 78 heavy (non-hydrogen) atoms. The molecule has 0 bridgehead atoms. The van der Waals surface area contributed by atoms with Crippen LogP contribution in [0.1, 0.15) is 72.1 Å². The van der Waals surface area contributed by atoms with E-state index in [4.69, 9.17) is 47.4 Å². The van der Waals surface area contributed by atoms with E-state index in [1.807, 2.05) is 0 Å². The standard InChI is InChI=1S/C50H82O28/c1-18-12-48(2)11-8-26-49(3,9-5-10-50(26,4)47(68)78-45-38(67)39(30(59)23(16-54)73-45)75-42-35(64)32(61)27(56)20(13-51)70-42)25(48)7-6-19(18)69-46-41(77-44-37(66)34(63)29(58)22(15-53)72-44)40(31(60)24(17-55)74-46)76-43-36(65)33(62)28(57)21(14-52)71-43/h19-46,51-67H,1,5-17H2,2-4H3/t19?,20?,21?,22?,23?,24?,25-,26?,27?,28?,29?,30?,31?,32?,33?,34?,35?,36?,37?,38?,39?,40?,41?,42?,43?,44?,45?,46?,48-,49+,50-/m1/s1. The van der Waals surface area contributed by atoms with E-state index in [-0.39, 0.29) is 18.3 Å². The molecule has 0 aromatic rings. The van der Waals surface area contributed by atoms with Crippen molar-refractivity contribution < 1.29 is 139 Å². The molecule has 0 radical (unpaired) electrons. The number of fused-ring (bicyclic) bond motifs is 3. The van der Waals surface area contributed by atoms with Gasteiger partial charge in [0, 0.05) is 0 Å². The molecule has 27 unspecified atom stereocenters. The summed E-state index contributed by atoms with van der Waals surface area (Å²) < 4.78 is 59.3. The van der Waals surface area contributed by atoms with Crippen molar-refractivity contribution in [3.63, 3.8) is 0 Å². The summed E-state index contributed by atoms with van der Waals surface area (Å²) in [5, 5.41) is 181. The third kappa shape index (κ3) is 11.5. The number of hydrogen-bond donors (Lipinski definition) is 17. The van der Waals surface area contributed by atoms with Crippen LogP contribution in [0.25, 0.3) is 0 Å². The van der Waals surface area contributed by atoms with Gasteiger partial charge in [-0.3, -0.25) is 4.79 Å². The van der Waals surface area contributed by atoms with Crippen molar-refractivity contribution in [2.75, 3.05) is 33.0 Å². The van der Waals surface area contributed by atoms with Crippen molar-refractivity contribution in [1.29, 1.82) is 0 Å². The highest BCUT2D eigenvalue weighted by Crippen LogP contribution is 2.67. The first-order valence-corrected chi connectivity index (χ1v) is 26.8. The molecule has 28 heteroatoms. The predicted octanol–water partition coefficient (Wildman–Crippen LogP) is -7.04. The number of carbonyl (C=O) groups is 1. The SMILES string of the molecule is C=C1C[C@@]2(C)CCC3[C@](C)(C(=O)OC4OC(CO)C(O)C(OC5OC(CO)C(O)C(O)C5O)C4O)CCC[C@@]3(C)[C@@H]2CCC1OC1OC(CO)C(O)C(OC2OC(CO)C(O)C(O)C2O)C1OC1OC(CO)C(O)C(O)C1O. The second kappa shape index (κ2) is 24.8. The lowest BCUT2D eigenvalue weighted by atomic mass is 9.42. The molecule has 5 heterocycles. The van der Waals surface area contributed by atoms with Gasteiger partial charge in [-0.25, -0.2) is 0 Å². The molecule has 0 amide bonds. The maximum atomic E-state index is 14.8. The maximum Gasteiger partial charge on any atom is 0.314 e. The number of hydrogen-bond acceptors (Lipinski definition) is 28. The quantitative estimate of drug-likeness (QED) is 0.0535. The number of aliphatic hydroxyl groups excluding tert-OH is 17. The van der Waals surface area contributed by atoms with E-state index in [1.165, 1.54) is 0 Å². The summed E-state index contributed by atoms with van der Waals surface area (Å²) in [7, 11) is 0. The minimum Gasteiger partial charge on any atom is -0.432 e. The fourth-order valence-electron chi connectivity index (χ4n) is 14.0. The van der Waals surface area contributed by atoms with E-state index in [9.17, 15) is 91.6 Å². The van der Waals surface area contributed by atoms with E-state index in [2.05, 4.69) is 20.4 Å². The summed E-state index contributed by atoms with van der Waals surface area (Å²) >= 11 is 0. The van der Waals surface area contributed by atoms with Gasteiger partial charge in [0.25, 0.3) is 0 Å². The average Bonchev–Trinajstić information content (AvgIpc) is 3.62. The third-order valence-electron chi connectivity index (χ3n) is 18.4. The fourth-order valence-corrected chi connectivity index (χ4v) is 14.0. The Labute approximate surface area is 449 Å². The lowest BCUT2D eigenvalue weighted by molar-refractivity contribution is -0.394. The molecule has 0 aromatic carbocycles. The molecular formula is C50H82O28. The van der Waals surface area contributed by atoms with Crippen molar-refractivity contribution in [2.45, 2.75) is 232 Å². The Kier molecular flexibility index (Phi) is 19.8. The molecule has 8 fully saturated rings. The minimum atomic E-state index is -1.99.